The van der Waals surface area contributed by atoms with Crippen LogP contribution in [-0.4, -0.2) is 34.7 Å². The van der Waals surface area contributed by atoms with Gasteiger partial charge < -0.3 is 15.5 Å². The van der Waals surface area contributed by atoms with Crippen molar-refractivity contribution in [3.05, 3.63) is 34.6 Å². The molecule has 0 fully saturated rings. The number of amides is 1. The van der Waals surface area contributed by atoms with Gasteiger partial charge in [0, 0.05) is 13.0 Å². The highest BCUT2D eigenvalue weighted by atomic mass is 35.5. The summed E-state index contributed by atoms with van der Waals surface area (Å²) in [6, 6.07) is 2.56. The average molecular weight is 276 g/mol. The third-order valence-corrected chi connectivity index (χ3v) is 2.51. The standard InChI is InChI=1S/C11H11ClFNO4/c12-7-3-1-2-6(9(7)13)10(16)14-8(4-5-15)11(17)18/h1-3,8,15H,4-5H2,(H,14,16)(H,17,18). The van der Waals surface area contributed by atoms with E-state index in [1.807, 2.05) is 0 Å². The van der Waals surface area contributed by atoms with Crippen LogP contribution in [0, 0.1) is 5.82 Å². The summed E-state index contributed by atoms with van der Waals surface area (Å²) in [4.78, 5) is 22.4. The van der Waals surface area contributed by atoms with Gasteiger partial charge in [0.25, 0.3) is 5.91 Å². The van der Waals surface area contributed by atoms with Gasteiger partial charge in [-0.15, -0.1) is 0 Å². The number of nitrogens with one attached hydrogen (secondary N) is 1. The molecule has 0 aromatic heterocycles. The van der Waals surface area contributed by atoms with Gasteiger partial charge in [-0.25, -0.2) is 9.18 Å². The molecule has 3 N–H and O–H groups in total. The van der Waals surface area contributed by atoms with E-state index in [1.165, 1.54) is 18.2 Å². The number of hydrogen-bond donors (Lipinski definition) is 3. The second-order valence-electron chi connectivity index (χ2n) is 3.48. The van der Waals surface area contributed by atoms with Gasteiger partial charge in [-0.1, -0.05) is 17.7 Å². The Labute approximate surface area is 107 Å². The smallest absolute Gasteiger partial charge is 0.326 e. The van der Waals surface area contributed by atoms with Crippen LogP contribution in [-0.2, 0) is 4.79 Å². The number of hydrogen-bond acceptors (Lipinski definition) is 3. The van der Waals surface area contributed by atoms with Crippen LogP contribution in [0.4, 0.5) is 4.39 Å². The van der Waals surface area contributed by atoms with Gasteiger partial charge >= 0.3 is 5.97 Å². The van der Waals surface area contributed by atoms with E-state index in [0.29, 0.717) is 0 Å². The normalized spacial score (nSPS) is 11.9. The third kappa shape index (κ3) is 3.41. The molecule has 1 rings (SSSR count). The lowest BCUT2D eigenvalue weighted by molar-refractivity contribution is -0.139. The molecule has 0 heterocycles. The number of aliphatic hydroxyl groups excluding tert-OH is 1. The number of benzene rings is 1. The van der Waals surface area contributed by atoms with Crippen molar-refractivity contribution < 1.29 is 24.2 Å². The number of halogens is 2. The van der Waals surface area contributed by atoms with Crippen LogP contribution >= 0.6 is 11.6 Å². The van der Waals surface area contributed by atoms with E-state index in [2.05, 4.69) is 5.32 Å². The molecule has 1 aromatic rings. The first-order valence-corrected chi connectivity index (χ1v) is 5.43. The van der Waals surface area contributed by atoms with E-state index in [4.69, 9.17) is 21.8 Å². The van der Waals surface area contributed by atoms with Crippen LogP contribution in [0.25, 0.3) is 0 Å². The van der Waals surface area contributed by atoms with Gasteiger partial charge in [-0.05, 0) is 12.1 Å². The summed E-state index contributed by atoms with van der Waals surface area (Å²) in [5.74, 6) is -3.11. The van der Waals surface area contributed by atoms with Crippen LogP contribution in [0.15, 0.2) is 18.2 Å². The van der Waals surface area contributed by atoms with Crippen molar-refractivity contribution in [3.63, 3.8) is 0 Å². The molecule has 98 valence electrons. The summed E-state index contributed by atoms with van der Waals surface area (Å²) >= 11 is 5.51. The van der Waals surface area contributed by atoms with E-state index >= 15 is 0 Å². The minimum atomic E-state index is -1.31. The molecule has 1 unspecified atom stereocenters. The zero-order valence-corrected chi connectivity index (χ0v) is 9.95. The predicted molar refractivity (Wildman–Crippen MR) is 62.0 cm³/mol. The number of aliphatic hydroxyl groups is 1. The number of aliphatic carboxylic acids is 1. The first-order chi connectivity index (χ1) is 8.47. The van der Waals surface area contributed by atoms with Gasteiger partial charge in [-0.3, -0.25) is 4.79 Å². The van der Waals surface area contributed by atoms with Crippen molar-refractivity contribution in [3.8, 4) is 0 Å². The van der Waals surface area contributed by atoms with E-state index in [0.717, 1.165) is 0 Å². The molecule has 1 amide bonds. The number of carboxylic acid groups (broad SMARTS) is 1. The molecule has 1 atom stereocenters. The highest BCUT2D eigenvalue weighted by Crippen LogP contribution is 2.17. The maximum atomic E-state index is 13.5. The molecular formula is C11H11ClFNO4. The Morgan fingerprint density at radius 1 is 1.44 bits per heavy atom. The second-order valence-corrected chi connectivity index (χ2v) is 3.89. The summed E-state index contributed by atoms with van der Waals surface area (Å²) in [6.45, 7) is -0.407. The summed E-state index contributed by atoms with van der Waals surface area (Å²) in [7, 11) is 0. The molecule has 0 saturated carbocycles. The summed E-state index contributed by atoms with van der Waals surface area (Å²) in [5, 5.41) is 19.3. The molecule has 0 aliphatic carbocycles. The quantitative estimate of drug-likeness (QED) is 0.749. The van der Waals surface area contributed by atoms with Crippen molar-refractivity contribution in [1.29, 1.82) is 0 Å². The SMILES string of the molecule is O=C(NC(CCO)C(=O)O)c1cccc(Cl)c1F. The Morgan fingerprint density at radius 2 is 2.11 bits per heavy atom. The minimum absolute atomic E-state index is 0.163. The number of carbonyl (C=O) groups excluding carboxylic acids is 1. The van der Waals surface area contributed by atoms with E-state index in [-0.39, 0.29) is 17.0 Å². The van der Waals surface area contributed by atoms with Crippen molar-refractivity contribution in [2.75, 3.05) is 6.61 Å². The Hall–Kier alpha value is -1.66. The van der Waals surface area contributed by atoms with Crippen molar-refractivity contribution >= 4 is 23.5 Å². The fraction of sp³-hybridized carbons (Fsp3) is 0.273. The monoisotopic (exact) mass is 275 g/mol. The molecule has 0 aliphatic heterocycles. The Kier molecular flexibility index (Phi) is 5.06. The predicted octanol–water partition coefficient (Wildman–Crippen LogP) is 1.04. The summed E-state index contributed by atoms with van der Waals surface area (Å²) < 4.78 is 13.5. The van der Waals surface area contributed by atoms with E-state index in [1.54, 1.807) is 0 Å². The maximum absolute atomic E-state index is 13.5. The van der Waals surface area contributed by atoms with E-state index < -0.39 is 30.3 Å². The molecule has 0 radical (unpaired) electrons. The van der Waals surface area contributed by atoms with Gasteiger partial charge in [0.2, 0.25) is 0 Å². The average Bonchev–Trinajstić information content (AvgIpc) is 2.31. The Bertz CT molecular complexity index is 466. The molecule has 0 saturated heterocycles. The molecular weight excluding hydrogens is 265 g/mol. The maximum Gasteiger partial charge on any atom is 0.326 e. The van der Waals surface area contributed by atoms with Gasteiger partial charge in [0.15, 0.2) is 5.82 Å². The van der Waals surface area contributed by atoms with Crippen LogP contribution in [0.3, 0.4) is 0 Å². The fourth-order valence-electron chi connectivity index (χ4n) is 1.30. The first kappa shape index (κ1) is 14.4. The second kappa shape index (κ2) is 6.32. The third-order valence-electron chi connectivity index (χ3n) is 2.22. The number of carbonyl (C=O) groups is 2. The molecule has 0 bridgehead atoms. The molecule has 5 nitrogen and oxygen atoms in total. The fourth-order valence-corrected chi connectivity index (χ4v) is 1.48. The molecule has 0 aliphatic rings. The lowest BCUT2D eigenvalue weighted by Gasteiger charge is -2.13. The van der Waals surface area contributed by atoms with Crippen LogP contribution in [0.5, 0.6) is 0 Å². The summed E-state index contributed by atoms with van der Waals surface area (Å²) in [5.41, 5.74) is -0.341. The molecule has 7 heteroatoms. The van der Waals surface area contributed by atoms with Crippen molar-refractivity contribution in [2.45, 2.75) is 12.5 Å². The molecule has 18 heavy (non-hydrogen) atoms. The first-order valence-electron chi connectivity index (χ1n) is 5.06. The Balaban J connectivity index is 2.87. The zero-order valence-electron chi connectivity index (χ0n) is 9.19. The van der Waals surface area contributed by atoms with Gasteiger partial charge in [0.1, 0.15) is 6.04 Å². The lowest BCUT2D eigenvalue weighted by atomic mass is 10.1. The Morgan fingerprint density at radius 3 is 2.67 bits per heavy atom. The molecule has 0 spiro atoms. The zero-order chi connectivity index (χ0) is 13.7. The summed E-state index contributed by atoms with van der Waals surface area (Å²) in [6.07, 6.45) is -0.163. The largest absolute Gasteiger partial charge is 0.480 e. The number of carboxylic acids is 1. The number of rotatable bonds is 5. The van der Waals surface area contributed by atoms with Crippen molar-refractivity contribution in [2.24, 2.45) is 0 Å². The minimum Gasteiger partial charge on any atom is -0.480 e. The van der Waals surface area contributed by atoms with Crippen LogP contribution in [0.1, 0.15) is 16.8 Å². The van der Waals surface area contributed by atoms with Crippen molar-refractivity contribution in [1.82, 2.24) is 5.32 Å². The lowest BCUT2D eigenvalue weighted by Crippen LogP contribution is -2.41. The highest BCUT2D eigenvalue weighted by Gasteiger charge is 2.22. The van der Waals surface area contributed by atoms with E-state index in [9.17, 15) is 14.0 Å². The topological polar surface area (TPSA) is 86.6 Å². The van der Waals surface area contributed by atoms with Gasteiger partial charge in [0.05, 0.1) is 10.6 Å². The molecule has 1 aromatic carbocycles. The highest BCUT2D eigenvalue weighted by molar-refractivity contribution is 6.31. The van der Waals surface area contributed by atoms with Crippen LogP contribution in [0.2, 0.25) is 5.02 Å². The van der Waals surface area contributed by atoms with Gasteiger partial charge in [-0.2, -0.15) is 0 Å². The van der Waals surface area contributed by atoms with Crippen LogP contribution < -0.4 is 5.32 Å².